The topological polar surface area (TPSA) is 207 Å². The molecule has 0 aromatic heterocycles. The number of benzene rings is 2. The number of nitrogens with one attached hydrogen (secondary N) is 5. The largest absolute Gasteiger partial charge is 0.480 e. The monoisotopic (exact) mass is 605 g/mol. The Morgan fingerprint density at radius 1 is 0.909 bits per heavy atom. The minimum Gasteiger partial charge on any atom is -0.480 e. The summed E-state index contributed by atoms with van der Waals surface area (Å²) in [6.07, 6.45) is 2.26. The van der Waals surface area contributed by atoms with Gasteiger partial charge in [-0.1, -0.05) is 60.7 Å². The van der Waals surface area contributed by atoms with E-state index in [0.29, 0.717) is 31.2 Å². The molecule has 4 rings (SSSR count). The van der Waals surface area contributed by atoms with Crippen molar-refractivity contribution in [2.45, 2.75) is 75.2 Å². The van der Waals surface area contributed by atoms with Crippen molar-refractivity contribution in [1.82, 2.24) is 26.2 Å². The molecule has 2 saturated heterocycles. The molecule has 2 heterocycles. The molecule has 0 spiro atoms. The van der Waals surface area contributed by atoms with Crippen LogP contribution in [0, 0.1) is 5.41 Å². The molecule has 2 aromatic rings. The Balaban J connectivity index is 1.42. The lowest BCUT2D eigenvalue weighted by Gasteiger charge is -2.38. The summed E-state index contributed by atoms with van der Waals surface area (Å²) in [7, 11) is 0. The molecule has 0 radical (unpaired) electrons. The Labute approximate surface area is 255 Å². The first kappa shape index (κ1) is 32.0. The van der Waals surface area contributed by atoms with Crippen LogP contribution < -0.4 is 27.0 Å². The lowest BCUT2D eigenvalue weighted by atomic mass is 9.97. The van der Waals surface area contributed by atoms with Gasteiger partial charge in [0, 0.05) is 19.0 Å². The van der Waals surface area contributed by atoms with Crippen LogP contribution in [-0.4, -0.2) is 82.3 Å². The third-order valence-electron chi connectivity index (χ3n) is 7.97. The molecule has 0 aliphatic carbocycles. The third kappa shape index (κ3) is 8.55. The van der Waals surface area contributed by atoms with Crippen molar-refractivity contribution in [3.63, 3.8) is 0 Å². The Morgan fingerprint density at radius 2 is 1.55 bits per heavy atom. The van der Waals surface area contributed by atoms with E-state index >= 15 is 0 Å². The Morgan fingerprint density at radius 3 is 2.18 bits per heavy atom. The van der Waals surface area contributed by atoms with Gasteiger partial charge in [0.05, 0.1) is 6.42 Å². The highest BCUT2D eigenvalue weighted by atomic mass is 16.4. The Kier molecular flexibility index (Phi) is 10.9. The van der Waals surface area contributed by atoms with E-state index in [1.54, 1.807) is 30.3 Å². The van der Waals surface area contributed by atoms with Crippen molar-refractivity contribution in [1.29, 1.82) is 5.41 Å². The Bertz CT molecular complexity index is 1360. The molecule has 2 aliphatic rings. The third-order valence-corrected chi connectivity index (χ3v) is 7.97. The van der Waals surface area contributed by atoms with Crippen molar-refractivity contribution in [3.8, 4) is 0 Å². The average Bonchev–Trinajstić information content (AvgIpc) is 3.44. The number of carboxylic acid groups (broad SMARTS) is 1. The van der Waals surface area contributed by atoms with Crippen LogP contribution in [0.5, 0.6) is 0 Å². The molecular weight excluding hydrogens is 566 g/mol. The summed E-state index contributed by atoms with van der Waals surface area (Å²) in [5.41, 5.74) is 6.91. The van der Waals surface area contributed by atoms with E-state index in [0.717, 1.165) is 5.56 Å². The molecule has 5 atom stereocenters. The highest BCUT2D eigenvalue weighted by Crippen LogP contribution is 2.33. The normalized spacial score (nSPS) is 20.5. The van der Waals surface area contributed by atoms with Gasteiger partial charge in [0.1, 0.15) is 24.2 Å². The molecule has 0 bridgehead atoms. The summed E-state index contributed by atoms with van der Waals surface area (Å²) in [6, 6.07) is 13.8. The van der Waals surface area contributed by atoms with Gasteiger partial charge in [-0.2, -0.15) is 0 Å². The summed E-state index contributed by atoms with van der Waals surface area (Å²) >= 11 is 0. The van der Waals surface area contributed by atoms with Crippen LogP contribution in [0.1, 0.15) is 43.2 Å². The first-order valence-electron chi connectivity index (χ1n) is 14.7. The van der Waals surface area contributed by atoms with Crippen molar-refractivity contribution in [2.24, 2.45) is 5.73 Å². The number of fused-ring (bicyclic) bond motifs is 1. The van der Waals surface area contributed by atoms with Crippen LogP contribution in [0.3, 0.4) is 0 Å². The quantitative estimate of drug-likeness (QED) is 0.122. The first-order valence-corrected chi connectivity index (χ1v) is 14.7. The average molecular weight is 606 g/mol. The number of nitrogens with zero attached hydrogens (tertiary/aromatic N) is 1. The molecule has 234 valence electrons. The molecule has 8 N–H and O–H groups in total. The van der Waals surface area contributed by atoms with Gasteiger partial charge in [-0.15, -0.1) is 0 Å². The maximum absolute atomic E-state index is 13.6. The fourth-order valence-electron chi connectivity index (χ4n) is 5.79. The van der Waals surface area contributed by atoms with E-state index < -0.39 is 42.0 Å². The molecule has 2 aliphatic heterocycles. The van der Waals surface area contributed by atoms with E-state index in [9.17, 15) is 29.1 Å². The molecule has 2 unspecified atom stereocenters. The predicted octanol–water partition coefficient (Wildman–Crippen LogP) is 0.0374. The van der Waals surface area contributed by atoms with Crippen LogP contribution in [-0.2, 0) is 36.8 Å². The van der Waals surface area contributed by atoms with Gasteiger partial charge >= 0.3 is 5.97 Å². The molecule has 2 aromatic carbocycles. The van der Waals surface area contributed by atoms with Gasteiger partial charge in [0.15, 0.2) is 5.96 Å². The second-order valence-electron chi connectivity index (χ2n) is 11.1. The summed E-state index contributed by atoms with van der Waals surface area (Å²) in [4.78, 5) is 66.5. The van der Waals surface area contributed by atoms with E-state index in [1.807, 2.05) is 30.3 Å². The zero-order valence-electron chi connectivity index (χ0n) is 24.3. The molecule has 2 fully saturated rings. The number of carboxylic acids is 1. The van der Waals surface area contributed by atoms with Crippen LogP contribution in [0.15, 0.2) is 60.7 Å². The van der Waals surface area contributed by atoms with Crippen LogP contribution in [0.25, 0.3) is 0 Å². The number of hydrogen-bond acceptors (Lipinski definition) is 6. The SMILES string of the molecule is N=C(N)NCC[C@H](NC(=O)C1CC[C@@H]2CCC(NC(=O)Cc3ccccc3)C(=O)N12)C(=O)N[C@@H](Cc1ccccc1)C(=O)O. The van der Waals surface area contributed by atoms with Gasteiger partial charge in [-0.3, -0.25) is 24.6 Å². The second kappa shape index (κ2) is 15.0. The smallest absolute Gasteiger partial charge is 0.326 e. The number of guanidine groups is 1. The predicted molar refractivity (Wildman–Crippen MR) is 161 cm³/mol. The van der Waals surface area contributed by atoms with Gasteiger partial charge in [0.2, 0.25) is 23.6 Å². The minimum absolute atomic E-state index is 0.0110. The van der Waals surface area contributed by atoms with Gasteiger partial charge < -0.3 is 37.0 Å². The fraction of sp³-hybridized carbons (Fsp3) is 0.419. The fourth-order valence-corrected chi connectivity index (χ4v) is 5.79. The lowest BCUT2D eigenvalue weighted by molar-refractivity contribution is -0.147. The Hall–Kier alpha value is -4.94. The summed E-state index contributed by atoms with van der Waals surface area (Å²) in [5.74, 6) is -3.43. The van der Waals surface area contributed by atoms with E-state index in [4.69, 9.17) is 11.1 Å². The van der Waals surface area contributed by atoms with E-state index in [2.05, 4.69) is 21.3 Å². The molecule has 44 heavy (non-hydrogen) atoms. The molecule has 13 nitrogen and oxygen atoms in total. The second-order valence-corrected chi connectivity index (χ2v) is 11.1. The number of amides is 4. The summed E-state index contributed by atoms with van der Waals surface area (Å²) in [5, 5.41) is 27.8. The zero-order chi connectivity index (χ0) is 31.6. The molecule has 13 heteroatoms. The van der Waals surface area contributed by atoms with Crippen molar-refractivity contribution >= 4 is 35.6 Å². The maximum atomic E-state index is 13.6. The van der Waals surface area contributed by atoms with Gasteiger partial charge in [-0.05, 0) is 43.2 Å². The van der Waals surface area contributed by atoms with E-state index in [1.165, 1.54) is 4.90 Å². The molecule has 0 saturated carbocycles. The van der Waals surface area contributed by atoms with Crippen molar-refractivity contribution in [2.75, 3.05) is 6.54 Å². The van der Waals surface area contributed by atoms with Crippen molar-refractivity contribution < 1.29 is 29.1 Å². The maximum Gasteiger partial charge on any atom is 0.326 e. The first-order chi connectivity index (χ1) is 21.1. The highest BCUT2D eigenvalue weighted by molar-refractivity contribution is 5.96. The van der Waals surface area contributed by atoms with Gasteiger partial charge in [0.25, 0.3) is 0 Å². The number of rotatable bonds is 13. The molecular formula is C31H39N7O6. The number of carbonyl (C=O) groups excluding carboxylic acids is 4. The van der Waals surface area contributed by atoms with Gasteiger partial charge in [-0.25, -0.2) is 4.79 Å². The van der Waals surface area contributed by atoms with Crippen LogP contribution in [0.2, 0.25) is 0 Å². The number of piperidine rings is 1. The molecule has 4 amide bonds. The standard InChI is InChI=1S/C31H39N7O6/c32-31(33)34-16-15-22(27(40)37-24(30(43)44)17-19-7-3-1-4-8-19)36-28(41)25-14-12-21-11-13-23(29(42)38(21)25)35-26(39)18-20-9-5-2-6-10-20/h1-10,21-25H,11-18H2,(H,35,39)(H,36,41)(H,37,40)(H,43,44)(H4,32,33,34)/t21-,22-,23?,24-,25?/m0/s1. The van der Waals surface area contributed by atoms with Crippen molar-refractivity contribution in [3.05, 3.63) is 71.8 Å². The lowest BCUT2D eigenvalue weighted by Crippen LogP contribution is -2.60. The van der Waals surface area contributed by atoms with E-state index in [-0.39, 0.29) is 49.6 Å². The number of hydrogen-bond donors (Lipinski definition) is 7. The van der Waals surface area contributed by atoms with Crippen LogP contribution in [0.4, 0.5) is 0 Å². The summed E-state index contributed by atoms with van der Waals surface area (Å²) < 4.78 is 0. The number of carbonyl (C=O) groups is 5. The number of nitrogens with two attached hydrogens (primary N) is 1. The van der Waals surface area contributed by atoms with Crippen LogP contribution >= 0.6 is 0 Å². The summed E-state index contributed by atoms with van der Waals surface area (Å²) in [6.45, 7) is 0.0651. The zero-order valence-corrected chi connectivity index (χ0v) is 24.3. The highest BCUT2D eigenvalue weighted by Gasteiger charge is 2.46. The number of aliphatic carboxylic acids is 1. The minimum atomic E-state index is -1.25.